The monoisotopic (exact) mass is 154 g/mol. The molecule has 0 amide bonds. The molecule has 0 aromatic heterocycles. The third-order valence-electron chi connectivity index (χ3n) is 2.23. The van der Waals surface area contributed by atoms with Crippen LogP contribution < -0.4 is 0 Å². The summed E-state index contributed by atoms with van der Waals surface area (Å²) in [6, 6.07) is 0. The van der Waals surface area contributed by atoms with Crippen molar-refractivity contribution >= 4 is 0 Å². The summed E-state index contributed by atoms with van der Waals surface area (Å²) in [5.41, 5.74) is -0.785. The van der Waals surface area contributed by atoms with Crippen LogP contribution in [0, 0.1) is 12.3 Å². The lowest BCUT2D eigenvalue weighted by molar-refractivity contribution is -0.0412. The molecule has 0 spiro atoms. The van der Waals surface area contributed by atoms with Crippen molar-refractivity contribution in [2.24, 2.45) is 0 Å². The Labute approximate surface area is 67.2 Å². The second-order valence-corrected chi connectivity index (χ2v) is 3.36. The van der Waals surface area contributed by atoms with Gasteiger partial charge in [-0.15, -0.1) is 12.3 Å². The largest absolute Gasteiger partial charge is 0.393 e. The Kier molecular flexibility index (Phi) is 2.53. The lowest BCUT2D eigenvalue weighted by Gasteiger charge is -2.33. The van der Waals surface area contributed by atoms with E-state index in [0.29, 0.717) is 12.8 Å². The van der Waals surface area contributed by atoms with Crippen molar-refractivity contribution in [1.82, 2.24) is 0 Å². The third-order valence-corrected chi connectivity index (χ3v) is 2.23. The van der Waals surface area contributed by atoms with E-state index in [0.717, 1.165) is 19.3 Å². The average Bonchev–Trinajstić information content (AvgIpc) is 1.86. The molecule has 2 heteroatoms. The molecule has 1 saturated carbocycles. The van der Waals surface area contributed by atoms with Gasteiger partial charge in [-0.05, 0) is 19.3 Å². The number of aliphatic hydroxyl groups is 2. The van der Waals surface area contributed by atoms with Crippen LogP contribution in [0.3, 0.4) is 0 Å². The van der Waals surface area contributed by atoms with Gasteiger partial charge in [-0.3, -0.25) is 0 Å². The Balaban J connectivity index is 2.50. The maximum absolute atomic E-state index is 9.74. The first-order chi connectivity index (χ1) is 5.16. The molecule has 2 atom stereocenters. The van der Waals surface area contributed by atoms with Crippen LogP contribution in [0.1, 0.15) is 32.1 Å². The maximum atomic E-state index is 9.74. The number of hydrogen-bond donors (Lipinski definition) is 2. The predicted octanol–water partition coefficient (Wildman–Crippen LogP) is 0.676. The predicted molar refractivity (Wildman–Crippen MR) is 42.9 cm³/mol. The second kappa shape index (κ2) is 3.25. The van der Waals surface area contributed by atoms with E-state index >= 15 is 0 Å². The van der Waals surface area contributed by atoms with Gasteiger partial charge < -0.3 is 10.2 Å². The van der Waals surface area contributed by atoms with Crippen LogP contribution in [0.4, 0.5) is 0 Å². The van der Waals surface area contributed by atoms with Gasteiger partial charge in [-0.25, -0.2) is 0 Å². The Morgan fingerprint density at radius 2 is 2.36 bits per heavy atom. The van der Waals surface area contributed by atoms with E-state index < -0.39 is 5.60 Å². The van der Waals surface area contributed by atoms with Gasteiger partial charge in [-0.1, -0.05) is 0 Å². The van der Waals surface area contributed by atoms with Gasteiger partial charge in [-0.2, -0.15) is 0 Å². The SMILES string of the molecule is C#CC[C@]1(O)CCC[C@@H](O)C1. The van der Waals surface area contributed by atoms with Crippen molar-refractivity contribution in [2.75, 3.05) is 0 Å². The zero-order valence-corrected chi connectivity index (χ0v) is 6.58. The van der Waals surface area contributed by atoms with Gasteiger partial charge in [0.25, 0.3) is 0 Å². The van der Waals surface area contributed by atoms with E-state index in [4.69, 9.17) is 6.42 Å². The summed E-state index contributed by atoms with van der Waals surface area (Å²) in [6.45, 7) is 0. The van der Waals surface area contributed by atoms with Crippen molar-refractivity contribution in [3.8, 4) is 12.3 Å². The molecule has 0 heterocycles. The summed E-state index contributed by atoms with van der Waals surface area (Å²) in [5.74, 6) is 2.44. The Morgan fingerprint density at radius 3 is 2.91 bits per heavy atom. The molecule has 0 aromatic rings. The normalized spacial score (nSPS) is 38.1. The van der Waals surface area contributed by atoms with E-state index in [1.165, 1.54) is 0 Å². The summed E-state index contributed by atoms with van der Waals surface area (Å²) in [4.78, 5) is 0. The third kappa shape index (κ3) is 2.21. The summed E-state index contributed by atoms with van der Waals surface area (Å²) in [5, 5.41) is 19.0. The van der Waals surface area contributed by atoms with Crippen molar-refractivity contribution < 1.29 is 10.2 Å². The fraction of sp³-hybridized carbons (Fsp3) is 0.778. The molecule has 1 rings (SSSR count). The molecule has 0 saturated heterocycles. The van der Waals surface area contributed by atoms with Crippen molar-refractivity contribution in [2.45, 2.75) is 43.8 Å². The lowest BCUT2D eigenvalue weighted by Crippen LogP contribution is -2.36. The first-order valence-corrected chi connectivity index (χ1v) is 4.00. The maximum Gasteiger partial charge on any atom is 0.0781 e. The Hall–Kier alpha value is -0.520. The molecule has 0 radical (unpaired) electrons. The van der Waals surface area contributed by atoms with E-state index in [1.54, 1.807) is 0 Å². The zero-order chi connectivity index (χ0) is 8.32. The van der Waals surface area contributed by atoms with Gasteiger partial charge in [0.1, 0.15) is 0 Å². The lowest BCUT2D eigenvalue weighted by atomic mass is 9.81. The highest BCUT2D eigenvalue weighted by molar-refractivity contribution is 4.97. The van der Waals surface area contributed by atoms with Crippen molar-refractivity contribution in [3.63, 3.8) is 0 Å². The summed E-state index contributed by atoms with van der Waals surface area (Å²) >= 11 is 0. The highest BCUT2D eigenvalue weighted by Crippen LogP contribution is 2.30. The highest BCUT2D eigenvalue weighted by Gasteiger charge is 2.32. The van der Waals surface area contributed by atoms with Crippen molar-refractivity contribution in [3.05, 3.63) is 0 Å². The molecule has 0 bridgehead atoms. The summed E-state index contributed by atoms with van der Waals surface area (Å²) in [6.07, 6.45) is 7.95. The van der Waals surface area contributed by atoms with Gasteiger partial charge in [0.05, 0.1) is 11.7 Å². The topological polar surface area (TPSA) is 40.5 Å². The van der Waals surface area contributed by atoms with Crippen LogP contribution >= 0.6 is 0 Å². The van der Waals surface area contributed by atoms with Crippen LogP contribution in [0.15, 0.2) is 0 Å². The molecule has 1 fully saturated rings. The molecular weight excluding hydrogens is 140 g/mol. The van der Waals surface area contributed by atoms with E-state index in [9.17, 15) is 10.2 Å². The highest BCUT2D eigenvalue weighted by atomic mass is 16.3. The number of rotatable bonds is 1. The molecule has 2 N–H and O–H groups in total. The number of aliphatic hydroxyl groups excluding tert-OH is 1. The minimum absolute atomic E-state index is 0.359. The summed E-state index contributed by atoms with van der Waals surface area (Å²) in [7, 11) is 0. The van der Waals surface area contributed by atoms with E-state index in [-0.39, 0.29) is 6.10 Å². The fourth-order valence-corrected chi connectivity index (χ4v) is 1.66. The molecule has 0 aliphatic heterocycles. The molecule has 0 aromatic carbocycles. The van der Waals surface area contributed by atoms with Crippen LogP contribution in [0.25, 0.3) is 0 Å². The average molecular weight is 154 g/mol. The first kappa shape index (κ1) is 8.58. The van der Waals surface area contributed by atoms with Gasteiger partial charge >= 0.3 is 0 Å². The quantitative estimate of drug-likeness (QED) is 0.545. The molecule has 1 aliphatic rings. The van der Waals surface area contributed by atoms with Gasteiger partial charge in [0.15, 0.2) is 0 Å². The van der Waals surface area contributed by atoms with Crippen LogP contribution in [0.5, 0.6) is 0 Å². The number of terminal acetylenes is 1. The van der Waals surface area contributed by atoms with E-state index in [2.05, 4.69) is 5.92 Å². The molecule has 0 unspecified atom stereocenters. The molecule has 11 heavy (non-hydrogen) atoms. The molecular formula is C9H14O2. The standard InChI is InChI=1S/C9H14O2/c1-2-5-9(11)6-3-4-8(10)7-9/h1,8,10-11H,3-7H2/t8-,9+/m1/s1. The summed E-state index contributed by atoms with van der Waals surface area (Å²) < 4.78 is 0. The van der Waals surface area contributed by atoms with Gasteiger partial charge in [0, 0.05) is 12.8 Å². The van der Waals surface area contributed by atoms with E-state index in [1.807, 2.05) is 0 Å². The molecule has 1 aliphatic carbocycles. The Bertz CT molecular complexity index is 171. The minimum Gasteiger partial charge on any atom is -0.393 e. The van der Waals surface area contributed by atoms with Crippen LogP contribution in [-0.2, 0) is 0 Å². The molecule has 62 valence electrons. The van der Waals surface area contributed by atoms with Gasteiger partial charge in [0.2, 0.25) is 0 Å². The minimum atomic E-state index is -0.785. The zero-order valence-electron chi connectivity index (χ0n) is 6.58. The molecule has 2 nitrogen and oxygen atoms in total. The van der Waals surface area contributed by atoms with Crippen LogP contribution in [-0.4, -0.2) is 21.9 Å². The second-order valence-electron chi connectivity index (χ2n) is 3.36. The smallest absolute Gasteiger partial charge is 0.0781 e. The first-order valence-electron chi connectivity index (χ1n) is 4.00. The van der Waals surface area contributed by atoms with Crippen molar-refractivity contribution in [1.29, 1.82) is 0 Å². The van der Waals surface area contributed by atoms with Crippen LogP contribution in [0.2, 0.25) is 0 Å². The fourth-order valence-electron chi connectivity index (χ4n) is 1.66. The number of hydrogen-bond acceptors (Lipinski definition) is 2. The Morgan fingerprint density at radius 1 is 1.64 bits per heavy atom.